The van der Waals surface area contributed by atoms with Crippen LogP contribution in [0, 0.1) is 0 Å². The van der Waals surface area contributed by atoms with Gasteiger partial charge in [-0.05, 0) is 11.6 Å². The van der Waals surface area contributed by atoms with Gasteiger partial charge in [0.2, 0.25) is 0 Å². The van der Waals surface area contributed by atoms with E-state index in [2.05, 4.69) is 9.97 Å². The van der Waals surface area contributed by atoms with Gasteiger partial charge in [0, 0.05) is 6.07 Å². The first kappa shape index (κ1) is 9.71. The lowest BCUT2D eigenvalue weighted by Gasteiger charge is -1.97. The molecule has 1 aromatic heterocycles. The lowest BCUT2D eigenvalue weighted by atomic mass is 10.4. The molecule has 0 amide bonds. The monoisotopic (exact) mass is 224 g/mol. The van der Waals surface area contributed by atoms with Crippen molar-refractivity contribution in [2.45, 2.75) is 5.88 Å². The number of hydrogen-bond donors (Lipinski definition) is 0. The molecular formula is C6H3Cl3N2O. The Morgan fingerprint density at radius 1 is 1.50 bits per heavy atom. The van der Waals surface area contributed by atoms with E-state index < -0.39 is 5.24 Å². The van der Waals surface area contributed by atoms with Gasteiger partial charge in [-0.1, -0.05) is 11.6 Å². The van der Waals surface area contributed by atoms with Crippen molar-refractivity contribution >= 4 is 40.0 Å². The normalized spacial score (nSPS) is 9.92. The van der Waals surface area contributed by atoms with Crippen LogP contribution in [0.2, 0.25) is 5.15 Å². The van der Waals surface area contributed by atoms with Crippen molar-refractivity contribution in [3.8, 4) is 0 Å². The maximum absolute atomic E-state index is 10.6. The summed E-state index contributed by atoms with van der Waals surface area (Å²) in [6.07, 6.45) is 0. The summed E-state index contributed by atoms with van der Waals surface area (Å²) >= 11 is 16.2. The lowest BCUT2D eigenvalue weighted by molar-refractivity contribution is 0.107. The third-order valence-electron chi connectivity index (χ3n) is 1.06. The van der Waals surface area contributed by atoms with E-state index in [0.717, 1.165) is 0 Å². The van der Waals surface area contributed by atoms with Gasteiger partial charge < -0.3 is 0 Å². The van der Waals surface area contributed by atoms with Gasteiger partial charge in [-0.3, -0.25) is 4.79 Å². The highest BCUT2D eigenvalue weighted by Gasteiger charge is 2.07. The SMILES string of the molecule is O=C(Cl)c1cc(Cl)nc(CCl)n1. The van der Waals surface area contributed by atoms with E-state index in [1.807, 2.05) is 0 Å². The molecule has 1 rings (SSSR count). The van der Waals surface area contributed by atoms with E-state index in [4.69, 9.17) is 34.8 Å². The third kappa shape index (κ3) is 2.30. The summed E-state index contributed by atoms with van der Waals surface area (Å²) in [5.41, 5.74) is 0.0623. The van der Waals surface area contributed by atoms with Crippen LogP contribution in [0.3, 0.4) is 0 Å². The van der Waals surface area contributed by atoms with E-state index >= 15 is 0 Å². The smallest absolute Gasteiger partial charge is 0.271 e. The Kier molecular flexibility index (Phi) is 3.26. The summed E-state index contributed by atoms with van der Waals surface area (Å²) in [5.74, 6) is 0.380. The fourth-order valence-electron chi connectivity index (χ4n) is 0.625. The Balaban J connectivity index is 3.15. The zero-order valence-electron chi connectivity index (χ0n) is 5.72. The van der Waals surface area contributed by atoms with Gasteiger partial charge in [0.15, 0.2) is 0 Å². The van der Waals surface area contributed by atoms with Crippen LogP contribution in [-0.4, -0.2) is 15.2 Å². The first-order valence-corrected chi connectivity index (χ1v) is 4.22. The predicted octanol–water partition coefficient (Wildman–Crippen LogP) is 2.25. The van der Waals surface area contributed by atoms with E-state index in [1.54, 1.807) is 0 Å². The Hall–Kier alpha value is -0.380. The average Bonchev–Trinajstić information content (AvgIpc) is 2.03. The number of halogens is 3. The van der Waals surface area contributed by atoms with Gasteiger partial charge in [-0.15, -0.1) is 11.6 Å². The summed E-state index contributed by atoms with van der Waals surface area (Å²) in [5, 5.41) is -0.518. The molecule has 0 spiro atoms. The first-order valence-electron chi connectivity index (χ1n) is 2.92. The summed E-state index contributed by atoms with van der Waals surface area (Å²) in [7, 11) is 0. The van der Waals surface area contributed by atoms with Gasteiger partial charge in [0.1, 0.15) is 16.7 Å². The zero-order valence-corrected chi connectivity index (χ0v) is 7.99. The number of hydrogen-bond acceptors (Lipinski definition) is 3. The second-order valence-electron chi connectivity index (χ2n) is 1.90. The van der Waals surface area contributed by atoms with E-state index in [-0.39, 0.29) is 22.6 Å². The molecule has 6 heteroatoms. The van der Waals surface area contributed by atoms with Gasteiger partial charge in [-0.25, -0.2) is 9.97 Å². The molecule has 0 saturated carbocycles. The molecular weight excluding hydrogens is 222 g/mol. The molecule has 0 radical (unpaired) electrons. The number of carbonyl (C=O) groups excluding carboxylic acids is 1. The molecule has 12 heavy (non-hydrogen) atoms. The highest BCUT2D eigenvalue weighted by molar-refractivity contribution is 6.67. The molecule has 0 atom stereocenters. The maximum Gasteiger partial charge on any atom is 0.271 e. The van der Waals surface area contributed by atoms with Gasteiger partial charge in [0.05, 0.1) is 5.88 Å². The molecule has 1 aromatic rings. The van der Waals surface area contributed by atoms with E-state index in [1.165, 1.54) is 6.07 Å². The highest BCUT2D eigenvalue weighted by Crippen LogP contribution is 2.10. The molecule has 1 heterocycles. The van der Waals surface area contributed by atoms with Crippen LogP contribution < -0.4 is 0 Å². The van der Waals surface area contributed by atoms with Crippen LogP contribution in [-0.2, 0) is 5.88 Å². The second kappa shape index (κ2) is 4.03. The fraction of sp³-hybridized carbons (Fsp3) is 0.167. The van der Waals surface area contributed by atoms with E-state index in [9.17, 15) is 4.79 Å². The average molecular weight is 225 g/mol. The maximum atomic E-state index is 10.6. The van der Waals surface area contributed by atoms with Crippen molar-refractivity contribution in [1.29, 1.82) is 0 Å². The molecule has 0 aromatic carbocycles. The molecule has 0 saturated heterocycles. The van der Waals surface area contributed by atoms with Crippen LogP contribution in [0.5, 0.6) is 0 Å². The largest absolute Gasteiger partial charge is 0.274 e. The van der Waals surface area contributed by atoms with Crippen LogP contribution in [0.1, 0.15) is 16.3 Å². The Morgan fingerprint density at radius 2 is 2.17 bits per heavy atom. The number of aromatic nitrogens is 2. The second-order valence-corrected chi connectivity index (χ2v) is 2.90. The highest BCUT2D eigenvalue weighted by atomic mass is 35.5. The summed E-state index contributed by atoms with van der Waals surface area (Å²) in [6.45, 7) is 0. The third-order valence-corrected chi connectivity index (χ3v) is 1.69. The number of rotatable bonds is 2. The molecule has 0 aliphatic carbocycles. The predicted molar refractivity (Wildman–Crippen MR) is 46.8 cm³/mol. The van der Waals surface area contributed by atoms with Crippen molar-refractivity contribution < 1.29 is 4.79 Å². The standard InChI is InChI=1S/C6H3Cl3N2O/c7-2-5-10-3(6(9)12)1-4(8)11-5/h1H,2H2. The van der Waals surface area contributed by atoms with Gasteiger partial charge in [0.25, 0.3) is 5.24 Å². The minimum absolute atomic E-state index is 0.0623. The summed E-state index contributed by atoms with van der Waals surface area (Å²) in [4.78, 5) is 18.1. The molecule has 0 aliphatic heterocycles. The Bertz CT molecular complexity index is 316. The Labute approximate surface area is 83.7 Å². The van der Waals surface area contributed by atoms with Crippen LogP contribution >= 0.6 is 34.8 Å². The van der Waals surface area contributed by atoms with Crippen molar-refractivity contribution in [1.82, 2.24) is 9.97 Å². The van der Waals surface area contributed by atoms with Crippen molar-refractivity contribution in [3.63, 3.8) is 0 Å². The number of carbonyl (C=O) groups is 1. The van der Waals surface area contributed by atoms with Crippen molar-refractivity contribution in [3.05, 3.63) is 22.7 Å². The lowest BCUT2D eigenvalue weighted by Crippen LogP contribution is -2.00. The molecule has 0 unspecified atom stereocenters. The molecule has 64 valence electrons. The van der Waals surface area contributed by atoms with Crippen LogP contribution in [0.25, 0.3) is 0 Å². The zero-order chi connectivity index (χ0) is 9.14. The molecule has 0 bridgehead atoms. The van der Waals surface area contributed by atoms with Gasteiger partial charge in [-0.2, -0.15) is 0 Å². The fourth-order valence-corrected chi connectivity index (χ4v) is 1.04. The topological polar surface area (TPSA) is 42.9 Å². The summed E-state index contributed by atoms with van der Waals surface area (Å²) < 4.78 is 0. The molecule has 0 aliphatic rings. The summed E-state index contributed by atoms with van der Waals surface area (Å²) in [6, 6.07) is 1.28. The van der Waals surface area contributed by atoms with Crippen molar-refractivity contribution in [2.24, 2.45) is 0 Å². The first-order chi connectivity index (χ1) is 5.63. The molecule has 3 nitrogen and oxygen atoms in total. The van der Waals surface area contributed by atoms with Crippen LogP contribution in [0.15, 0.2) is 6.07 Å². The van der Waals surface area contributed by atoms with Gasteiger partial charge >= 0.3 is 0 Å². The number of alkyl halides is 1. The minimum atomic E-state index is -0.675. The van der Waals surface area contributed by atoms with Crippen molar-refractivity contribution in [2.75, 3.05) is 0 Å². The molecule has 0 fully saturated rings. The number of nitrogens with zero attached hydrogens (tertiary/aromatic N) is 2. The quantitative estimate of drug-likeness (QED) is 0.440. The van der Waals surface area contributed by atoms with Crippen LogP contribution in [0.4, 0.5) is 0 Å². The van der Waals surface area contributed by atoms with E-state index in [0.29, 0.717) is 0 Å². The Morgan fingerprint density at radius 3 is 2.67 bits per heavy atom. The minimum Gasteiger partial charge on any atom is -0.274 e. The molecule has 0 N–H and O–H groups in total.